The molecule has 0 fully saturated rings. The Balaban J connectivity index is 1.46. The number of carbonyl (C=O) groups is 1. The third kappa shape index (κ3) is 4.50. The van der Waals surface area contributed by atoms with Crippen LogP contribution < -0.4 is 5.32 Å². The molecule has 4 aromatic rings. The van der Waals surface area contributed by atoms with Gasteiger partial charge in [-0.2, -0.15) is 13.2 Å². The van der Waals surface area contributed by atoms with E-state index in [1.54, 1.807) is 12.1 Å². The first-order valence-corrected chi connectivity index (χ1v) is 13.0. The Morgan fingerprint density at radius 3 is 2.21 bits per heavy atom. The summed E-state index contributed by atoms with van der Waals surface area (Å²) in [6.07, 6.45) is -3.34. The average molecular weight is 528 g/mol. The number of hydrogen-bond acceptors (Lipinski definition) is 4. The van der Waals surface area contributed by atoms with Gasteiger partial charge in [0, 0.05) is 29.7 Å². The van der Waals surface area contributed by atoms with Crippen molar-refractivity contribution in [2.75, 3.05) is 5.32 Å². The van der Waals surface area contributed by atoms with E-state index in [0.717, 1.165) is 43.9 Å². The van der Waals surface area contributed by atoms with Gasteiger partial charge in [0.15, 0.2) is 0 Å². The van der Waals surface area contributed by atoms with Crippen LogP contribution in [0.5, 0.6) is 0 Å². The number of halogens is 3. The number of rotatable bonds is 2. The Hall–Kier alpha value is -4.00. The molecular weight excluding hydrogens is 499 g/mol. The minimum absolute atomic E-state index is 0.0299. The molecule has 0 bridgehead atoms. The van der Waals surface area contributed by atoms with Gasteiger partial charge in [0.1, 0.15) is 5.78 Å². The van der Waals surface area contributed by atoms with E-state index >= 15 is 0 Å². The summed E-state index contributed by atoms with van der Waals surface area (Å²) in [5.74, 6) is 0.0866. The lowest BCUT2D eigenvalue weighted by molar-refractivity contribution is -0.166. The molecule has 7 heteroatoms. The van der Waals surface area contributed by atoms with E-state index in [1.807, 2.05) is 18.2 Å². The van der Waals surface area contributed by atoms with Gasteiger partial charge in [-0.1, -0.05) is 75.0 Å². The molecule has 0 aliphatic carbocycles. The first kappa shape index (κ1) is 25.3. The maximum Gasteiger partial charge on any atom is 0.442 e. The third-order valence-electron chi connectivity index (χ3n) is 7.78. The van der Waals surface area contributed by atoms with E-state index in [0.29, 0.717) is 12.8 Å². The maximum absolute atomic E-state index is 13.5. The summed E-state index contributed by atoms with van der Waals surface area (Å²) in [5.41, 5.74) is 0.716. The minimum Gasteiger partial charge on any atom is -0.377 e. The molecule has 39 heavy (non-hydrogen) atoms. The molecule has 2 aliphatic rings. The minimum atomic E-state index is -4.59. The first-order valence-electron chi connectivity index (χ1n) is 13.0. The van der Waals surface area contributed by atoms with Crippen LogP contribution in [0.3, 0.4) is 0 Å². The highest BCUT2D eigenvalue weighted by molar-refractivity contribution is 6.06. The second-order valence-electron chi connectivity index (χ2n) is 11.5. The van der Waals surface area contributed by atoms with Crippen LogP contribution >= 0.6 is 0 Å². The van der Waals surface area contributed by atoms with Gasteiger partial charge in [0.05, 0.1) is 6.04 Å². The number of carbonyl (C=O) groups excluding carboxylic acids is 1. The van der Waals surface area contributed by atoms with Crippen LogP contribution in [-0.2, 0) is 10.5 Å². The molecule has 2 heterocycles. The molecule has 0 spiro atoms. The van der Waals surface area contributed by atoms with E-state index < -0.39 is 17.9 Å². The van der Waals surface area contributed by atoms with Crippen molar-refractivity contribution in [3.8, 4) is 0 Å². The van der Waals surface area contributed by atoms with Gasteiger partial charge in [-0.05, 0) is 62.7 Å². The molecule has 0 amide bonds. The van der Waals surface area contributed by atoms with Gasteiger partial charge >= 0.3 is 11.8 Å². The van der Waals surface area contributed by atoms with Crippen molar-refractivity contribution >= 4 is 38.6 Å². The predicted molar refractivity (Wildman–Crippen MR) is 149 cm³/mol. The van der Waals surface area contributed by atoms with Crippen LogP contribution in [0.1, 0.15) is 55.8 Å². The molecule has 0 aromatic heterocycles. The van der Waals surface area contributed by atoms with Gasteiger partial charge in [-0.3, -0.25) is 4.79 Å². The number of nitrogens with zero attached hydrogens (tertiary/aromatic N) is 2. The molecule has 1 atom stereocenters. The van der Waals surface area contributed by atoms with Crippen molar-refractivity contribution in [2.45, 2.75) is 51.0 Å². The third-order valence-corrected chi connectivity index (χ3v) is 7.78. The van der Waals surface area contributed by atoms with Crippen LogP contribution in [0.4, 0.5) is 18.9 Å². The predicted octanol–water partition coefficient (Wildman–Crippen LogP) is 9.12. The molecule has 4 aromatic carbocycles. The van der Waals surface area contributed by atoms with E-state index in [4.69, 9.17) is 0 Å². The van der Waals surface area contributed by atoms with E-state index in [9.17, 15) is 18.0 Å². The van der Waals surface area contributed by atoms with Crippen molar-refractivity contribution < 1.29 is 18.0 Å². The highest BCUT2D eigenvalue weighted by atomic mass is 19.4. The van der Waals surface area contributed by atoms with Gasteiger partial charge in [0.25, 0.3) is 0 Å². The molecular formula is C32H28F3N3O. The molecule has 0 saturated heterocycles. The summed E-state index contributed by atoms with van der Waals surface area (Å²) in [6.45, 7) is 8.62. The van der Waals surface area contributed by atoms with E-state index in [1.165, 1.54) is 12.1 Å². The number of allylic oxidation sites excluding steroid dienone is 1. The van der Waals surface area contributed by atoms with Gasteiger partial charge in [0.2, 0.25) is 0 Å². The second kappa shape index (κ2) is 8.76. The zero-order chi connectivity index (χ0) is 27.6. The highest BCUT2D eigenvalue weighted by Crippen LogP contribution is 2.52. The number of anilines is 1. The van der Waals surface area contributed by atoms with E-state index in [-0.39, 0.29) is 23.2 Å². The molecule has 0 radical (unpaired) electrons. The summed E-state index contributed by atoms with van der Waals surface area (Å²) in [5, 5.41) is 14.6. The number of benzene rings is 4. The fraction of sp³-hybridized carbons (Fsp3) is 0.281. The zero-order valence-corrected chi connectivity index (χ0v) is 21.8. The number of hydrogen-bond donors (Lipinski definition) is 1. The number of nitrogens with one attached hydrogen (secondary N) is 1. The standard InChI is InChI=1S/C32H28F3N3O/c1-19-17-30(2,3)18-25(39)16-28(20-8-11-24(12-9-20)31(37-38-31)32(33,34)35)36-27-13-10-23-14-21-6-4-5-7-22(21)15-26(23)29(19)27/h4-15,28,36H,1,16-18H2,2-3H3. The largest absolute Gasteiger partial charge is 0.442 e. The van der Waals surface area contributed by atoms with Gasteiger partial charge < -0.3 is 5.32 Å². The Bertz CT molecular complexity index is 1660. The summed E-state index contributed by atoms with van der Waals surface area (Å²) in [7, 11) is 0. The molecule has 2 aliphatic heterocycles. The Labute approximate surface area is 224 Å². The van der Waals surface area contributed by atoms with Crippen molar-refractivity contribution in [1.82, 2.24) is 0 Å². The number of fused-ring (bicyclic) bond motifs is 4. The quantitative estimate of drug-likeness (QED) is 0.264. The highest BCUT2D eigenvalue weighted by Gasteiger charge is 2.65. The van der Waals surface area contributed by atoms with Crippen LogP contribution in [0.15, 0.2) is 89.6 Å². The van der Waals surface area contributed by atoms with Crippen molar-refractivity contribution in [1.29, 1.82) is 0 Å². The van der Waals surface area contributed by atoms with Gasteiger partial charge in [-0.15, -0.1) is 10.2 Å². The van der Waals surface area contributed by atoms with Gasteiger partial charge in [-0.25, -0.2) is 0 Å². The molecule has 1 unspecified atom stereocenters. The fourth-order valence-corrected chi connectivity index (χ4v) is 5.91. The SMILES string of the molecule is C=C1CC(C)(C)CC(=O)CC(c2ccc(C3(C(F)(F)F)N=N3)cc2)Nc2ccc3cc4ccccc4cc3c21. The van der Waals surface area contributed by atoms with Crippen LogP contribution in [-0.4, -0.2) is 12.0 Å². The number of ketones is 1. The van der Waals surface area contributed by atoms with Crippen molar-refractivity contribution in [2.24, 2.45) is 15.6 Å². The molecule has 6 rings (SSSR count). The first-order chi connectivity index (χ1) is 18.5. The Morgan fingerprint density at radius 1 is 0.897 bits per heavy atom. The topological polar surface area (TPSA) is 53.8 Å². The van der Waals surface area contributed by atoms with E-state index in [2.05, 4.69) is 66.3 Å². The number of alkyl halides is 3. The fourth-order valence-electron chi connectivity index (χ4n) is 5.91. The maximum atomic E-state index is 13.5. The normalized spacial score (nSPS) is 20.5. The summed E-state index contributed by atoms with van der Waals surface area (Å²) in [6, 6.07) is 22.3. The molecule has 1 N–H and O–H groups in total. The van der Waals surface area contributed by atoms with Crippen LogP contribution in [0, 0.1) is 5.41 Å². The number of Topliss-reactive ketones (excluding diaryl/α,β-unsaturated/α-hetero) is 1. The summed E-state index contributed by atoms with van der Waals surface area (Å²) < 4.78 is 40.6. The molecule has 4 nitrogen and oxygen atoms in total. The second-order valence-corrected chi connectivity index (χ2v) is 11.5. The monoisotopic (exact) mass is 527 g/mol. The summed E-state index contributed by atoms with van der Waals surface area (Å²) >= 11 is 0. The lowest BCUT2D eigenvalue weighted by Crippen LogP contribution is -2.30. The Kier molecular flexibility index (Phi) is 5.68. The average Bonchev–Trinajstić information content (AvgIpc) is 3.68. The summed E-state index contributed by atoms with van der Waals surface area (Å²) in [4.78, 5) is 13.2. The van der Waals surface area contributed by atoms with Crippen LogP contribution in [0.2, 0.25) is 0 Å². The lowest BCUT2D eigenvalue weighted by atomic mass is 9.77. The Morgan fingerprint density at radius 2 is 1.56 bits per heavy atom. The zero-order valence-electron chi connectivity index (χ0n) is 21.8. The lowest BCUT2D eigenvalue weighted by Gasteiger charge is -2.31. The molecule has 0 saturated carbocycles. The van der Waals surface area contributed by atoms with Crippen molar-refractivity contribution in [3.05, 3.63) is 96.1 Å². The molecule has 198 valence electrons. The smallest absolute Gasteiger partial charge is 0.377 e. The van der Waals surface area contributed by atoms with Crippen LogP contribution in [0.25, 0.3) is 27.1 Å². The van der Waals surface area contributed by atoms with Crippen molar-refractivity contribution in [3.63, 3.8) is 0 Å².